The maximum absolute atomic E-state index is 12.2. The number of hydrogen-bond donors (Lipinski definition) is 1. The number of fused-ring (bicyclic) bond motifs is 1. The molecule has 7 heteroatoms. The van der Waals surface area contributed by atoms with Crippen molar-refractivity contribution in [3.8, 4) is 11.5 Å². The van der Waals surface area contributed by atoms with Gasteiger partial charge in [-0.2, -0.15) is 0 Å². The molecule has 2 aromatic rings. The fraction of sp³-hybridized carbons (Fsp3) is 0.421. The van der Waals surface area contributed by atoms with Gasteiger partial charge in [0.25, 0.3) is 0 Å². The number of rotatable bonds is 5. The molecule has 0 radical (unpaired) electrons. The van der Waals surface area contributed by atoms with E-state index in [2.05, 4.69) is 20.2 Å². The highest BCUT2D eigenvalue weighted by atomic mass is 16.7. The number of aromatic nitrogens is 2. The molecule has 7 nitrogen and oxygen atoms in total. The number of ether oxygens (including phenoxy) is 2. The van der Waals surface area contributed by atoms with Crippen LogP contribution in [0.1, 0.15) is 30.5 Å². The standard InChI is InChI=1S/C19H22N4O3/c24-18(11-14-4-5-16-17(10-14)26-13-25-16)21-12-15-6-7-20-19(22-15)23-8-2-1-3-9-23/h4-7,10H,1-3,8-9,11-13H2,(H,21,24). The Labute approximate surface area is 152 Å². The average Bonchev–Trinajstić information content (AvgIpc) is 3.15. The van der Waals surface area contributed by atoms with Crippen LogP contribution in [0.2, 0.25) is 0 Å². The van der Waals surface area contributed by atoms with Crippen LogP contribution in [-0.2, 0) is 17.8 Å². The summed E-state index contributed by atoms with van der Waals surface area (Å²) in [7, 11) is 0. The highest BCUT2D eigenvalue weighted by molar-refractivity contribution is 5.78. The van der Waals surface area contributed by atoms with Gasteiger partial charge in [0.15, 0.2) is 11.5 Å². The number of carbonyl (C=O) groups is 1. The number of amides is 1. The molecule has 1 aromatic heterocycles. The van der Waals surface area contributed by atoms with Gasteiger partial charge >= 0.3 is 0 Å². The summed E-state index contributed by atoms with van der Waals surface area (Å²) in [6, 6.07) is 7.40. The summed E-state index contributed by atoms with van der Waals surface area (Å²) in [4.78, 5) is 23.4. The summed E-state index contributed by atoms with van der Waals surface area (Å²) in [5.41, 5.74) is 1.71. The molecule has 0 unspecified atom stereocenters. The molecule has 0 bridgehead atoms. The zero-order chi connectivity index (χ0) is 17.8. The largest absolute Gasteiger partial charge is 0.454 e. The van der Waals surface area contributed by atoms with Gasteiger partial charge in [-0.25, -0.2) is 9.97 Å². The number of nitrogens with one attached hydrogen (secondary N) is 1. The first-order valence-corrected chi connectivity index (χ1v) is 9.00. The van der Waals surface area contributed by atoms with Crippen LogP contribution in [0, 0.1) is 0 Å². The van der Waals surface area contributed by atoms with E-state index >= 15 is 0 Å². The molecule has 2 aliphatic rings. The van der Waals surface area contributed by atoms with Crippen molar-refractivity contribution in [2.75, 3.05) is 24.8 Å². The summed E-state index contributed by atoms with van der Waals surface area (Å²) in [6.07, 6.45) is 5.68. The Kier molecular flexibility index (Phi) is 4.86. The third-order valence-corrected chi connectivity index (χ3v) is 4.61. The van der Waals surface area contributed by atoms with Gasteiger partial charge in [-0.1, -0.05) is 6.07 Å². The molecule has 3 heterocycles. The van der Waals surface area contributed by atoms with Gasteiger partial charge < -0.3 is 19.7 Å². The first kappa shape index (κ1) is 16.6. The van der Waals surface area contributed by atoms with Crippen LogP contribution in [0.5, 0.6) is 11.5 Å². The molecule has 0 spiro atoms. The van der Waals surface area contributed by atoms with Crippen LogP contribution < -0.4 is 19.7 Å². The van der Waals surface area contributed by atoms with Crippen LogP contribution in [0.15, 0.2) is 30.5 Å². The summed E-state index contributed by atoms with van der Waals surface area (Å²) in [5.74, 6) is 2.12. The number of anilines is 1. The summed E-state index contributed by atoms with van der Waals surface area (Å²) < 4.78 is 10.6. The third-order valence-electron chi connectivity index (χ3n) is 4.61. The van der Waals surface area contributed by atoms with E-state index in [4.69, 9.17) is 9.47 Å². The topological polar surface area (TPSA) is 76.6 Å². The zero-order valence-electron chi connectivity index (χ0n) is 14.6. The zero-order valence-corrected chi connectivity index (χ0v) is 14.6. The van der Waals surface area contributed by atoms with Gasteiger partial charge in [-0.15, -0.1) is 0 Å². The molecular weight excluding hydrogens is 332 g/mol. The molecule has 0 saturated carbocycles. The first-order valence-electron chi connectivity index (χ1n) is 9.00. The molecule has 26 heavy (non-hydrogen) atoms. The van der Waals surface area contributed by atoms with Crippen molar-refractivity contribution in [3.63, 3.8) is 0 Å². The number of carbonyl (C=O) groups excluding carboxylic acids is 1. The second-order valence-corrected chi connectivity index (χ2v) is 6.54. The average molecular weight is 354 g/mol. The SMILES string of the molecule is O=C(Cc1ccc2c(c1)OCO2)NCc1ccnc(N2CCCCC2)n1. The second-order valence-electron chi connectivity index (χ2n) is 6.54. The lowest BCUT2D eigenvalue weighted by molar-refractivity contribution is -0.120. The molecular formula is C19H22N4O3. The smallest absolute Gasteiger partial charge is 0.231 e. The van der Waals surface area contributed by atoms with Crippen LogP contribution in [0.3, 0.4) is 0 Å². The fourth-order valence-electron chi connectivity index (χ4n) is 3.22. The fourth-order valence-corrected chi connectivity index (χ4v) is 3.22. The van der Waals surface area contributed by atoms with Gasteiger partial charge in [0.1, 0.15) is 0 Å². The molecule has 1 saturated heterocycles. The van der Waals surface area contributed by atoms with Crippen LogP contribution in [-0.4, -0.2) is 35.8 Å². The van der Waals surface area contributed by atoms with Gasteiger partial charge in [0.05, 0.1) is 18.7 Å². The molecule has 2 aliphatic heterocycles. The minimum atomic E-state index is -0.0537. The first-order chi connectivity index (χ1) is 12.8. The van der Waals surface area contributed by atoms with E-state index in [1.807, 2.05) is 24.3 Å². The van der Waals surface area contributed by atoms with Crippen molar-refractivity contribution in [1.82, 2.24) is 15.3 Å². The van der Waals surface area contributed by atoms with Crippen LogP contribution in [0.25, 0.3) is 0 Å². The third kappa shape index (κ3) is 3.87. The molecule has 1 N–H and O–H groups in total. The van der Waals surface area contributed by atoms with Gasteiger partial charge in [-0.3, -0.25) is 4.79 Å². The number of nitrogens with zero attached hydrogens (tertiary/aromatic N) is 3. The summed E-state index contributed by atoms with van der Waals surface area (Å²) in [6.45, 7) is 2.63. The molecule has 0 atom stereocenters. The Balaban J connectivity index is 1.32. The Morgan fingerprint density at radius 3 is 2.85 bits per heavy atom. The summed E-state index contributed by atoms with van der Waals surface area (Å²) in [5, 5.41) is 2.93. The van der Waals surface area contributed by atoms with Crippen molar-refractivity contribution in [3.05, 3.63) is 41.7 Å². The summed E-state index contributed by atoms with van der Waals surface area (Å²) >= 11 is 0. The highest BCUT2D eigenvalue weighted by Gasteiger charge is 2.15. The lowest BCUT2D eigenvalue weighted by atomic mass is 10.1. The van der Waals surface area contributed by atoms with E-state index in [0.29, 0.717) is 18.7 Å². The molecule has 4 rings (SSSR count). The molecule has 136 valence electrons. The second kappa shape index (κ2) is 7.59. The Hall–Kier alpha value is -2.83. The predicted molar refractivity (Wildman–Crippen MR) is 96.2 cm³/mol. The number of hydrogen-bond acceptors (Lipinski definition) is 6. The van der Waals surface area contributed by atoms with Crippen molar-refractivity contribution in [2.45, 2.75) is 32.2 Å². The van der Waals surface area contributed by atoms with Crippen molar-refractivity contribution in [2.24, 2.45) is 0 Å². The minimum Gasteiger partial charge on any atom is -0.454 e. The van der Waals surface area contributed by atoms with Crippen molar-refractivity contribution in [1.29, 1.82) is 0 Å². The van der Waals surface area contributed by atoms with Crippen LogP contribution >= 0.6 is 0 Å². The van der Waals surface area contributed by atoms with E-state index in [0.717, 1.165) is 36.0 Å². The van der Waals surface area contributed by atoms with Gasteiger partial charge in [0.2, 0.25) is 18.6 Å². The molecule has 1 amide bonds. The van der Waals surface area contributed by atoms with Gasteiger partial charge in [0, 0.05) is 19.3 Å². The van der Waals surface area contributed by atoms with E-state index in [1.165, 1.54) is 19.3 Å². The Bertz CT molecular complexity index is 790. The predicted octanol–water partition coefficient (Wildman–Crippen LogP) is 2.05. The quantitative estimate of drug-likeness (QED) is 0.886. The van der Waals surface area contributed by atoms with Gasteiger partial charge in [-0.05, 0) is 43.0 Å². The Morgan fingerprint density at radius 1 is 1.12 bits per heavy atom. The molecule has 1 fully saturated rings. The normalized spacial score (nSPS) is 15.8. The molecule has 0 aliphatic carbocycles. The van der Waals surface area contributed by atoms with E-state index < -0.39 is 0 Å². The lowest BCUT2D eigenvalue weighted by Crippen LogP contribution is -2.31. The lowest BCUT2D eigenvalue weighted by Gasteiger charge is -2.26. The van der Waals surface area contributed by atoms with Crippen molar-refractivity contribution >= 4 is 11.9 Å². The van der Waals surface area contributed by atoms with Crippen molar-refractivity contribution < 1.29 is 14.3 Å². The monoisotopic (exact) mass is 354 g/mol. The number of piperidine rings is 1. The Morgan fingerprint density at radius 2 is 1.96 bits per heavy atom. The van der Waals surface area contributed by atoms with E-state index in [9.17, 15) is 4.79 Å². The van der Waals surface area contributed by atoms with Crippen LogP contribution in [0.4, 0.5) is 5.95 Å². The van der Waals surface area contributed by atoms with E-state index in [-0.39, 0.29) is 12.7 Å². The maximum Gasteiger partial charge on any atom is 0.231 e. The highest BCUT2D eigenvalue weighted by Crippen LogP contribution is 2.32. The molecule has 1 aromatic carbocycles. The number of benzene rings is 1. The van der Waals surface area contributed by atoms with E-state index in [1.54, 1.807) is 6.20 Å². The minimum absolute atomic E-state index is 0.0537. The maximum atomic E-state index is 12.2.